The first kappa shape index (κ1) is 17.2. The van der Waals surface area contributed by atoms with Gasteiger partial charge in [-0.1, -0.05) is 29.4 Å². The molecular formula is C16H15F3N4O2. The minimum absolute atomic E-state index is 0.0491. The number of nitrogens with one attached hydrogen (secondary N) is 1. The number of rotatable bonds is 4. The van der Waals surface area contributed by atoms with Crippen LogP contribution in [0.1, 0.15) is 23.1 Å². The van der Waals surface area contributed by atoms with Crippen molar-refractivity contribution in [3.8, 4) is 0 Å². The van der Waals surface area contributed by atoms with Crippen LogP contribution in [0.5, 0.6) is 0 Å². The molecule has 1 aliphatic rings. The van der Waals surface area contributed by atoms with Gasteiger partial charge in [0.25, 0.3) is 0 Å². The molecule has 1 atom stereocenters. The van der Waals surface area contributed by atoms with E-state index in [1.54, 1.807) is 43.7 Å². The minimum atomic E-state index is -4.91. The summed E-state index contributed by atoms with van der Waals surface area (Å²) in [6.07, 6.45) is -1.66. The van der Waals surface area contributed by atoms with Gasteiger partial charge in [0, 0.05) is 25.9 Å². The molecule has 132 valence electrons. The highest BCUT2D eigenvalue weighted by atomic mass is 19.4. The number of aliphatic hydroxyl groups is 1. The predicted molar refractivity (Wildman–Crippen MR) is 84.1 cm³/mol. The molecule has 2 N–H and O–H groups in total. The lowest BCUT2D eigenvalue weighted by molar-refractivity contribution is -0.355. The molecule has 0 spiro atoms. The Balaban J connectivity index is 1.68. The van der Waals surface area contributed by atoms with Gasteiger partial charge in [-0.25, -0.2) is 9.97 Å². The lowest BCUT2D eigenvalue weighted by Crippen LogP contribution is -2.45. The van der Waals surface area contributed by atoms with E-state index >= 15 is 0 Å². The van der Waals surface area contributed by atoms with E-state index in [2.05, 4.69) is 25.3 Å². The quantitative estimate of drug-likeness (QED) is 0.884. The van der Waals surface area contributed by atoms with E-state index in [4.69, 9.17) is 0 Å². The van der Waals surface area contributed by atoms with E-state index in [1.165, 1.54) is 0 Å². The summed E-state index contributed by atoms with van der Waals surface area (Å²) in [5.74, 6) is -2.73. The zero-order chi connectivity index (χ0) is 18.1. The lowest BCUT2D eigenvalue weighted by Gasteiger charge is -2.22. The maximum atomic E-state index is 12.7. The molecule has 0 radical (unpaired) electrons. The molecule has 0 bridgehead atoms. The highest BCUT2D eigenvalue weighted by molar-refractivity contribution is 6.01. The SMILES string of the molecule is CNc1ncc(Cc2ccc(C3=NOC(O)(C(F)(F)F)C3)cc2)cn1. The number of aromatic nitrogens is 2. The molecule has 0 amide bonds. The molecule has 0 fully saturated rings. The van der Waals surface area contributed by atoms with Crippen LogP contribution in [0.15, 0.2) is 41.8 Å². The first-order chi connectivity index (χ1) is 11.8. The zero-order valence-electron chi connectivity index (χ0n) is 13.2. The van der Waals surface area contributed by atoms with Crippen molar-refractivity contribution < 1.29 is 23.1 Å². The third-order valence-electron chi connectivity index (χ3n) is 3.78. The maximum absolute atomic E-state index is 12.7. The van der Waals surface area contributed by atoms with E-state index < -0.39 is 18.4 Å². The summed E-state index contributed by atoms with van der Waals surface area (Å²) in [7, 11) is 1.73. The van der Waals surface area contributed by atoms with Gasteiger partial charge in [0.05, 0.1) is 12.1 Å². The van der Waals surface area contributed by atoms with Crippen LogP contribution in [-0.4, -0.2) is 39.8 Å². The number of benzene rings is 1. The van der Waals surface area contributed by atoms with Gasteiger partial charge in [0.2, 0.25) is 5.95 Å². The number of oxime groups is 1. The van der Waals surface area contributed by atoms with Gasteiger partial charge in [0.1, 0.15) is 0 Å². The summed E-state index contributed by atoms with van der Waals surface area (Å²) in [5.41, 5.74) is 2.36. The van der Waals surface area contributed by atoms with Crippen molar-refractivity contribution in [1.82, 2.24) is 9.97 Å². The van der Waals surface area contributed by atoms with Crippen LogP contribution in [0.4, 0.5) is 19.1 Å². The van der Waals surface area contributed by atoms with Crippen molar-refractivity contribution in [1.29, 1.82) is 0 Å². The average molecular weight is 352 g/mol. The fourth-order valence-electron chi connectivity index (χ4n) is 2.35. The highest BCUT2D eigenvalue weighted by Gasteiger charge is 2.60. The first-order valence-electron chi connectivity index (χ1n) is 7.43. The Kier molecular flexibility index (Phi) is 4.34. The second-order valence-electron chi connectivity index (χ2n) is 5.63. The standard InChI is InChI=1S/C16H15F3N4O2/c1-20-14-21-8-11(9-22-14)6-10-2-4-12(5-3-10)13-7-15(24,25-23-13)16(17,18)19/h2-5,8-9,24H,6-7H2,1H3,(H,20,21,22). The summed E-state index contributed by atoms with van der Waals surface area (Å²) < 4.78 is 38.2. The second kappa shape index (κ2) is 6.32. The third-order valence-corrected chi connectivity index (χ3v) is 3.78. The number of anilines is 1. The van der Waals surface area contributed by atoms with Crippen LogP contribution in [0, 0.1) is 0 Å². The molecule has 3 rings (SSSR count). The number of hydrogen-bond acceptors (Lipinski definition) is 6. The minimum Gasteiger partial charge on any atom is -0.357 e. The lowest BCUT2D eigenvalue weighted by atomic mass is 10.00. The topological polar surface area (TPSA) is 79.6 Å². The summed E-state index contributed by atoms with van der Waals surface area (Å²) in [6.45, 7) is 0. The Morgan fingerprint density at radius 1 is 1.16 bits per heavy atom. The molecule has 2 heterocycles. The molecule has 0 saturated heterocycles. The predicted octanol–water partition coefficient (Wildman–Crippen LogP) is 2.48. The normalized spacial score (nSPS) is 20.1. The van der Waals surface area contributed by atoms with Gasteiger partial charge >= 0.3 is 12.0 Å². The summed E-state index contributed by atoms with van der Waals surface area (Å²) >= 11 is 0. The van der Waals surface area contributed by atoms with Gasteiger partial charge in [-0.15, -0.1) is 0 Å². The fourth-order valence-corrected chi connectivity index (χ4v) is 2.35. The molecule has 2 aromatic rings. The number of nitrogens with zero attached hydrogens (tertiary/aromatic N) is 3. The molecular weight excluding hydrogens is 337 g/mol. The molecule has 1 aromatic heterocycles. The molecule has 6 nitrogen and oxygen atoms in total. The molecule has 1 aliphatic heterocycles. The van der Waals surface area contributed by atoms with Gasteiger partial charge in [-0.2, -0.15) is 13.2 Å². The van der Waals surface area contributed by atoms with Crippen LogP contribution < -0.4 is 5.32 Å². The van der Waals surface area contributed by atoms with Crippen LogP contribution in [-0.2, 0) is 11.3 Å². The average Bonchev–Trinajstić information content (AvgIpc) is 3.00. The van der Waals surface area contributed by atoms with E-state index in [0.29, 0.717) is 17.9 Å². The Hall–Kier alpha value is -2.68. The Morgan fingerprint density at radius 2 is 1.80 bits per heavy atom. The van der Waals surface area contributed by atoms with Crippen molar-refractivity contribution in [2.75, 3.05) is 12.4 Å². The smallest absolute Gasteiger partial charge is 0.357 e. The van der Waals surface area contributed by atoms with E-state index in [0.717, 1.165) is 11.1 Å². The van der Waals surface area contributed by atoms with E-state index in [1.807, 2.05) is 0 Å². The summed E-state index contributed by atoms with van der Waals surface area (Å²) in [5, 5.41) is 15.7. The maximum Gasteiger partial charge on any atom is 0.458 e. The van der Waals surface area contributed by atoms with Crippen molar-refractivity contribution in [2.45, 2.75) is 24.8 Å². The monoisotopic (exact) mass is 352 g/mol. The van der Waals surface area contributed by atoms with E-state index in [9.17, 15) is 18.3 Å². The zero-order valence-corrected chi connectivity index (χ0v) is 13.2. The number of hydrogen-bond donors (Lipinski definition) is 2. The molecule has 0 saturated carbocycles. The number of halogens is 3. The second-order valence-corrected chi connectivity index (χ2v) is 5.63. The largest absolute Gasteiger partial charge is 0.458 e. The van der Waals surface area contributed by atoms with E-state index in [-0.39, 0.29) is 5.71 Å². The summed E-state index contributed by atoms with van der Waals surface area (Å²) in [6, 6.07) is 6.83. The highest BCUT2D eigenvalue weighted by Crippen LogP contribution is 2.38. The Labute approximate surface area is 141 Å². The molecule has 1 unspecified atom stereocenters. The molecule has 0 aliphatic carbocycles. The molecule has 25 heavy (non-hydrogen) atoms. The van der Waals surface area contributed by atoms with Crippen molar-refractivity contribution in [2.24, 2.45) is 5.16 Å². The Bertz CT molecular complexity index is 775. The van der Waals surface area contributed by atoms with Gasteiger partial charge in [0.15, 0.2) is 0 Å². The Morgan fingerprint density at radius 3 is 2.32 bits per heavy atom. The fraction of sp³-hybridized carbons (Fsp3) is 0.312. The van der Waals surface area contributed by atoms with Crippen LogP contribution in [0.25, 0.3) is 0 Å². The van der Waals surface area contributed by atoms with Gasteiger partial charge < -0.3 is 15.3 Å². The molecule has 9 heteroatoms. The number of alkyl halides is 3. The van der Waals surface area contributed by atoms with Gasteiger partial charge in [-0.3, -0.25) is 0 Å². The van der Waals surface area contributed by atoms with Crippen LogP contribution >= 0.6 is 0 Å². The third kappa shape index (κ3) is 3.55. The summed E-state index contributed by atoms with van der Waals surface area (Å²) in [4.78, 5) is 12.5. The van der Waals surface area contributed by atoms with Gasteiger partial charge in [-0.05, 0) is 16.7 Å². The van der Waals surface area contributed by atoms with Crippen molar-refractivity contribution in [3.63, 3.8) is 0 Å². The van der Waals surface area contributed by atoms with Crippen LogP contribution in [0.2, 0.25) is 0 Å². The van der Waals surface area contributed by atoms with Crippen LogP contribution in [0.3, 0.4) is 0 Å². The first-order valence-corrected chi connectivity index (χ1v) is 7.43. The molecule has 1 aromatic carbocycles. The van der Waals surface area contributed by atoms with Crippen molar-refractivity contribution >= 4 is 11.7 Å². The van der Waals surface area contributed by atoms with Crippen molar-refractivity contribution in [3.05, 3.63) is 53.3 Å².